The highest BCUT2D eigenvalue weighted by atomic mass is 79.9. The SMILES string of the molecule is O=C(NCc1ccccc1)[C@@H]1CC(=O)N(c2ccc(Br)cc2)C1. The molecule has 2 amide bonds. The van der Waals surface area contributed by atoms with E-state index in [4.69, 9.17) is 0 Å². The predicted octanol–water partition coefficient (Wildman–Crippen LogP) is 3.12. The van der Waals surface area contributed by atoms with Crippen LogP contribution in [0.5, 0.6) is 0 Å². The molecule has 1 fully saturated rings. The van der Waals surface area contributed by atoms with E-state index in [1.54, 1.807) is 4.90 Å². The number of nitrogens with one attached hydrogen (secondary N) is 1. The summed E-state index contributed by atoms with van der Waals surface area (Å²) in [5.74, 6) is -0.371. The molecule has 5 heteroatoms. The molecule has 3 rings (SSSR count). The zero-order valence-electron chi connectivity index (χ0n) is 12.5. The van der Waals surface area contributed by atoms with Crippen LogP contribution in [0.3, 0.4) is 0 Å². The second-order valence-electron chi connectivity index (χ2n) is 5.59. The van der Waals surface area contributed by atoms with Gasteiger partial charge in [-0.3, -0.25) is 9.59 Å². The molecular weight excluding hydrogens is 356 g/mol. The highest BCUT2D eigenvalue weighted by molar-refractivity contribution is 9.10. The fourth-order valence-electron chi connectivity index (χ4n) is 2.68. The van der Waals surface area contributed by atoms with Gasteiger partial charge in [0.2, 0.25) is 11.8 Å². The molecule has 2 aromatic carbocycles. The monoisotopic (exact) mass is 372 g/mol. The van der Waals surface area contributed by atoms with Crippen molar-refractivity contribution in [2.45, 2.75) is 13.0 Å². The van der Waals surface area contributed by atoms with Crippen LogP contribution >= 0.6 is 15.9 Å². The average Bonchev–Trinajstić information content (AvgIpc) is 2.96. The van der Waals surface area contributed by atoms with Crippen molar-refractivity contribution in [2.75, 3.05) is 11.4 Å². The van der Waals surface area contributed by atoms with Gasteiger partial charge < -0.3 is 10.2 Å². The molecule has 4 nitrogen and oxygen atoms in total. The summed E-state index contributed by atoms with van der Waals surface area (Å²) in [7, 11) is 0. The molecule has 0 saturated carbocycles. The van der Waals surface area contributed by atoms with Gasteiger partial charge in [-0.15, -0.1) is 0 Å². The summed E-state index contributed by atoms with van der Waals surface area (Å²) in [5, 5.41) is 2.92. The van der Waals surface area contributed by atoms with Gasteiger partial charge in [-0.05, 0) is 29.8 Å². The molecule has 0 radical (unpaired) electrons. The van der Waals surface area contributed by atoms with Crippen LogP contribution in [0, 0.1) is 5.92 Å². The van der Waals surface area contributed by atoms with Crippen LogP contribution < -0.4 is 10.2 Å². The lowest BCUT2D eigenvalue weighted by molar-refractivity contribution is -0.126. The molecule has 0 bridgehead atoms. The first-order valence-corrected chi connectivity index (χ1v) is 8.30. The third-order valence-electron chi connectivity index (χ3n) is 3.94. The van der Waals surface area contributed by atoms with Gasteiger partial charge in [-0.1, -0.05) is 46.3 Å². The molecule has 118 valence electrons. The average molecular weight is 373 g/mol. The number of hydrogen-bond acceptors (Lipinski definition) is 2. The van der Waals surface area contributed by atoms with Crippen molar-refractivity contribution in [1.29, 1.82) is 0 Å². The minimum atomic E-state index is -0.296. The van der Waals surface area contributed by atoms with E-state index in [0.717, 1.165) is 15.7 Å². The number of nitrogens with zero attached hydrogens (tertiary/aromatic N) is 1. The summed E-state index contributed by atoms with van der Waals surface area (Å²) in [6.07, 6.45) is 0.261. The van der Waals surface area contributed by atoms with E-state index in [0.29, 0.717) is 13.1 Å². The first kappa shape index (κ1) is 15.7. The Bertz CT molecular complexity index is 701. The highest BCUT2D eigenvalue weighted by Crippen LogP contribution is 2.26. The number of halogens is 1. The van der Waals surface area contributed by atoms with Gasteiger partial charge in [0, 0.05) is 29.7 Å². The molecule has 1 heterocycles. The first-order chi connectivity index (χ1) is 11.1. The number of carbonyl (C=O) groups is 2. The number of benzene rings is 2. The Labute approximate surface area is 143 Å². The molecule has 1 N–H and O–H groups in total. The topological polar surface area (TPSA) is 49.4 Å². The Morgan fingerprint density at radius 3 is 2.52 bits per heavy atom. The van der Waals surface area contributed by atoms with E-state index in [-0.39, 0.29) is 24.2 Å². The summed E-state index contributed by atoms with van der Waals surface area (Å²) in [4.78, 5) is 26.2. The minimum absolute atomic E-state index is 0.00724. The lowest BCUT2D eigenvalue weighted by Crippen LogP contribution is -2.32. The van der Waals surface area contributed by atoms with Crippen LogP contribution in [0.1, 0.15) is 12.0 Å². The molecule has 23 heavy (non-hydrogen) atoms. The zero-order valence-corrected chi connectivity index (χ0v) is 14.1. The number of anilines is 1. The van der Waals surface area contributed by atoms with Gasteiger partial charge in [-0.2, -0.15) is 0 Å². The number of amides is 2. The summed E-state index contributed by atoms with van der Waals surface area (Å²) in [6, 6.07) is 17.3. The lowest BCUT2D eigenvalue weighted by atomic mass is 10.1. The van der Waals surface area contributed by atoms with Crippen molar-refractivity contribution in [3.05, 3.63) is 64.6 Å². The number of carbonyl (C=O) groups excluding carboxylic acids is 2. The molecule has 1 aliphatic rings. The molecule has 0 spiro atoms. The standard InChI is InChI=1S/C18H17BrN2O2/c19-15-6-8-16(9-7-15)21-12-14(10-17(21)22)18(23)20-11-13-4-2-1-3-5-13/h1-9,14H,10-12H2,(H,20,23)/t14-/m1/s1. The second kappa shape index (κ2) is 6.96. The van der Waals surface area contributed by atoms with Crippen LogP contribution in [-0.4, -0.2) is 18.4 Å². The predicted molar refractivity (Wildman–Crippen MR) is 92.9 cm³/mol. The van der Waals surface area contributed by atoms with E-state index < -0.39 is 0 Å². The fourth-order valence-corrected chi connectivity index (χ4v) is 2.95. The Kier molecular flexibility index (Phi) is 4.76. The van der Waals surface area contributed by atoms with Crippen molar-refractivity contribution in [3.8, 4) is 0 Å². The Morgan fingerprint density at radius 2 is 1.83 bits per heavy atom. The molecule has 2 aromatic rings. The Hall–Kier alpha value is -2.14. The molecule has 0 unspecified atom stereocenters. The third kappa shape index (κ3) is 3.79. The summed E-state index contributed by atoms with van der Waals surface area (Å²) in [5.41, 5.74) is 1.88. The maximum Gasteiger partial charge on any atom is 0.227 e. The molecule has 0 aliphatic carbocycles. The summed E-state index contributed by atoms with van der Waals surface area (Å²) < 4.78 is 0.963. The summed E-state index contributed by atoms with van der Waals surface area (Å²) >= 11 is 3.38. The quantitative estimate of drug-likeness (QED) is 0.896. The van der Waals surface area contributed by atoms with Gasteiger partial charge in [0.15, 0.2) is 0 Å². The lowest BCUT2D eigenvalue weighted by Gasteiger charge is -2.16. The van der Waals surface area contributed by atoms with Crippen LogP contribution in [0.2, 0.25) is 0 Å². The Balaban J connectivity index is 1.60. The largest absolute Gasteiger partial charge is 0.352 e. The van der Waals surface area contributed by atoms with Crippen molar-refractivity contribution in [2.24, 2.45) is 5.92 Å². The first-order valence-electron chi connectivity index (χ1n) is 7.51. The van der Waals surface area contributed by atoms with Crippen molar-refractivity contribution in [1.82, 2.24) is 5.32 Å². The van der Waals surface area contributed by atoms with Crippen molar-refractivity contribution >= 4 is 33.4 Å². The van der Waals surface area contributed by atoms with Crippen molar-refractivity contribution < 1.29 is 9.59 Å². The normalized spacial score (nSPS) is 17.3. The number of hydrogen-bond donors (Lipinski definition) is 1. The van der Waals surface area contributed by atoms with Crippen LogP contribution in [0.25, 0.3) is 0 Å². The fraction of sp³-hybridized carbons (Fsp3) is 0.222. The van der Waals surface area contributed by atoms with E-state index in [1.807, 2.05) is 54.6 Å². The van der Waals surface area contributed by atoms with Crippen LogP contribution in [-0.2, 0) is 16.1 Å². The van der Waals surface area contributed by atoms with E-state index in [9.17, 15) is 9.59 Å². The maximum atomic E-state index is 12.3. The molecule has 1 aliphatic heterocycles. The van der Waals surface area contributed by atoms with Gasteiger partial charge in [0.1, 0.15) is 0 Å². The van der Waals surface area contributed by atoms with E-state index in [2.05, 4.69) is 21.2 Å². The third-order valence-corrected chi connectivity index (χ3v) is 4.47. The molecular formula is C18H17BrN2O2. The zero-order chi connectivity index (χ0) is 16.2. The number of rotatable bonds is 4. The van der Waals surface area contributed by atoms with Crippen LogP contribution in [0.15, 0.2) is 59.1 Å². The summed E-state index contributed by atoms with van der Waals surface area (Å²) in [6.45, 7) is 0.920. The van der Waals surface area contributed by atoms with E-state index >= 15 is 0 Å². The molecule has 1 saturated heterocycles. The van der Waals surface area contributed by atoms with Gasteiger partial charge in [0.25, 0.3) is 0 Å². The molecule has 0 aromatic heterocycles. The molecule has 1 atom stereocenters. The van der Waals surface area contributed by atoms with Gasteiger partial charge >= 0.3 is 0 Å². The van der Waals surface area contributed by atoms with Gasteiger partial charge in [-0.25, -0.2) is 0 Å². The Morgan fingerprint density at radius 1 is 1.13 bits per heavy atom. The van der Waals surface area contributed by atoms with Crippen molar-refractivity contribution in [3.63, 3.8) is 0 Å². The second-order valence-corrected chi connectivity index (χ2v) is 6.50. The van der Waals surface area contributed by atoms with Gasteiger partial charge in [0.05, 0.1) is 5.92 Å². The van der Waals surface area contributed by atoms with E-state index in [1.165, 1.54) is 0 Å². The smallest absolute Gasteiger partial charge is 0.227 e. The highest BCUT2D eigenvalue weighted by Gasteiger charge is 2.34. The van der Waals surface area contributed by atoms with Crippen LogP contribution in [0.4, 0.5) is 5.69 Å². The minimum Gasteiger partial charge on any atom is -0.352 e. The maximum absolute atomic E-state index is 12.3.